The number of hydrogen-bond donors (Lipinski definition) is 0. The third-order valence-electron chi connectivity index (χ3n) is 3.50. The van der Waals surface area contributed by atoms with Crippen molar-refractivity contribution in [3.63, 3.8) is 0 Å². The van der Waals surface area contributed by atoms with Crippen molar-refractivity contribution in [2.45, 2.75) is 6.61 Å². The molecule has 0 aliphatic heterocycles. The zero-order chi connectivity index (χ0) is 17.5. The highest BCUT2D eigenvalue weighted by atomic mass is 16.5. The van der Waals surface area contributed by atoms with Crippen LogP contribution in [0.3, 0.4) is 0 Å². The molecular formula is C20H15N3O2. The molecule has 0 fully saturated rings. The van der Waals surface area contributed by atoms with Crippen molar-refractivity contribution in [2.24, 2.45) is 0 Å². The molecule has 3 aromatic rings. The lowest BCUT2D eigenvalue weighted by Crippen LogP contribution is -2.00. The van der Waals surface area contributed by atoms with Crippen LogP contribution in [0, 0.1) is 11.3 Å². The maximum absolute atomic E-state index is 11.8. The van der Waals surface area contributed by atoms with Crippen LogP contribution < -0.4 is 0 Å². The molecule has 25 heavy (non-hydrogen) atoms. The van der Waals surface area contributed by atoms with E-state index in [4.69, 9.17) is 10.00 Å². The van der Waals surface area contributed by atoms with Gasteiger partial charge in [-0.25, -0.2) is 9.48 Å². The first-order valence-corrected chi connectivity index (χ1v) is 7.68. The summed E-state index contributed by atoms with van der Waals surface area (Å²) in [6.07, 6.45) is 6.54. The molecular weight excluding hydrogens is 314 g/mol. The van der Waals surface area contributed by atoms with Gasteiger partial charge in [0.15, 0.2) is 0 Å². The minimum Gasteiger partial charge on any atom is -0.458 e. The zero-order valence-electron chi connectivity index (χ0n) is 13.4. The highest BCUT2D eigenvalue weighted by Crippen LogP contribution is 2.09. The number of carbonyl (C=O) groups excluding carboxylic acids is 1. The van der Waals surface area contributed by atoms with Gasteiger partial charge in [-0.3, -0.25) is 0 Å². The first-order chi connectivity index (χ1) is 12.2. The molecule has 0 aliphatic rings. The zero-order valence-corrected chi connectivity index (χ0v) is 13.4. The van der Waals surface area contributed by atoms with Crippen LogP contribution in [0.1, 0.15) is 16.7 Å². The average Bonchev–Trinajstić information content (AvgIpc) is 3.15. The lowest BCUT2D eigenvalue weighted by molar-refractivity contribution is -0.138. The molecule has 1 heterocycles. The summed E-state index contributed by atoms with van der Waals surface area (Å²) >= 11 is 0. The van der Waals surface area contributed by atoms with E-state index in [-0.39, 0.29) is 6.61 Å². The molecule has 0 spiro atoms. The second-order valence-corrected chi connectivity index (χ2v) is 5.30. The molecule has 1 aromatic heterocycles. The Hall–Kier alpha value is -3.65. The summed E-state index contributed by atoms with van der Waals surface area (Å²) in [5, 5.41) is 13.0. The monoisotopic (exact) mass is 329 g/mol. The van der Waals surface area contributed by atoms with E-state index in [0.29, 0.717) is 5.56 Å². The smallest absolute Gasteiger partial charge is 0.331 e. The highest BCUT2D eigenvalue weighted by molar-refractivity contribution is 5.86. The SMILES string of the molecule is N#Cc1ccc(COC(=O)/C=C/c2cnn(-c3ccccc3)c2)cc1. The predicted molar refractivity (Wildman–Crippen MR) is 93.6 cm³/mol. The van der Waals surface area contributed by atoms with Gasteiger partial charge in [0.05, 0.1) is 23.5 Å². The fraction of sp³-hybridized carbons (Fsp3) is 0.0500. The van der Waals surface area contributed by atoms with E-state index >= 15 is 0 Å². The maximum Gasteiger partial charge on any atom is 0.331 e. The second-order valence-electron chi connectivity index (χ2n) is 5.30. The molecule has 0 saturated carbocycles. The molecule has 0 amide bonds. The largest absolute Gasteiger partial charge is 0.458 e. The van der Waals surface area contributed by atoms with E-state index in [2.05, 4.69) is 5.10 Å². The number of nitrogens with zero attached hydrogens (tertiary/aromatic N) is 3. The van der Waals surface area contributed by atoms with Gasteiger partial charge in [-0.15, -0.1) is 0 Å². The third kappa shape index (κ3) is 4.43. The number of esters is 1. The normalized spacial score (nSPS) is 10.5. The summed E-state index contributed by atoms with van der Waals surface area (Å²) in [5.41, 5.74) is 3.16. The summed E-state index contributed by atoms with van der Waals surface area (Å²) in [6, 6.07) is 18.7. The highest BCUT2D eigenvalue weighted by Gasteiger charge is 2.01. The number of aromatic nitrogens is 2. The summed E-state index contributed by atoms with van der Waals surface area (Å²) in [4.78, 5) is 11.8. The molecule has 3 rings (SSSR count). The van der Waals surface area contributed by atoms with Gasteiger partial charge in [0.25, 0.3) is 0 Å². The summed E-state index contributed by atoms with van der Waals surface area (Å²) in [7, 11) is 0. The number of carbonyl (C=O) groups is 1. The van der Waals surface area contributed by atoms with Crippen LogP contribution in [-0.4, -0.2) is 15.7 Å². The average molecular weight is 329 g/mol. The van der Waals surface area contributed by atoms with Crippen LogP contribution in [0.2, 0.25) is 0 Å². The van der Waals surface area contributed by atoms with Crippen molar-refractivity contribution < 1.29 is 9.53 Å². The van der Waals surface area contributed by atoms with Crippen LogP contribution in [-0.2, 0) is 16.1 Å². The van der Waals surface area contributed by atoms with E-state index < -0.39 is 5.97 Å². The molecule has 0 saturated heterocycles. The molecule has 0 radical (unpaired) electrons. The van der Waals surface area contributed by atoms with Gasteiger partial charge in [0, 0.05) is 17.8 Å². The maximum atomic E-state index is 11.8. The van der Waals surface area contributed by atoms with Gasteiger partial charge in [-0.05, 0) is 35.9 Å². The quantitative estimate of drug-likeness (QED) is 0.531. The van der Waals surface area contributed by atoms with Crippen LogP contribution in [0.25, 0.3) is 11.8 Å². The van der Waals surface area contributed by atoms with Crippen LogP contribution in [0.4, 0.5) is 0 Å². The number of ether oxygens (including phenoxy) is 1. The van der Waals surface area contributed by atoms with E-state index in [0.717, 1.165) is 16.8 Å². The third-order valence-corrected chi connectivity index (χ3v) is 3.50. The minimum atomic E-state index is -0.433. The van der Waals surface area contributed by atoms with Gasteiger partial charge in [-0.2, -0.15) is 10.4 Å². The lowest BCUT2D eigenvalue weighted by Gasteiger charge is -2.02. The number of rotatable bonds is 5. The van der Waals surface area contributed by atoms with Gasteiger partial charge in [-0.1, -0.05) is 30.3 Å². The van der Waals surface area contributed by atoms with Crippen molar-refractivity contribution >= 4 is 12.0 Å². The Balaban J connectivity index is 1.55. The van der Waals surface area contributed by atoms with Crippen molar-refractivity contribution in [1.82, 2.24) is 9.78 Å². The predicted octanol–water partition coefficient (Wildman–Crippen LogP) is 3.50. The molecule has 5 heteroatoms. The molecule has 122 valence electrons. The van der Waals surface area contributed by atoms with Gasteiger partial charge in [0.2, 0.25) is 0 Å². The fourth-order valence-corrected chi connectivity index (χ4v) is 2.19. The second kappa shape index (κ2) is 7.75. The Morgan fingerprint density at radius 1 is 1.16 bits per heavy atom. The number of benzene rings is 2. The first-order valence-electron chi connectivity index (χ1n) is 7.68. The van der Waals surface area contributed by atoms with E-state index in [1.54, 1.807) is 41.2 Å². The first kappa shape index (κ1) is 16.2. The Kier molecular flexibility index (Phi) is 5.03. The van der Waals surface area contributed by atoms with Gasteiger partial charge < -0.3 is 4.74 Å². The molecule has 0 aliphatic carbocycles. The summed E-state index contributed by atoms with van der Waals surface area (Å²) in [5.74, 6) is -0.433. The summed E-state index contributed by atoms with van der Waals surface area (Å²) < 4.78 is 6.92. The number of hydrogen-bond acceptors (Lipinski definition) is 4. The lowest BCUT2D eigenvalue weighted by atomic mass is 10.2. The molecule has 0 bridgehead atoms. The van der Waals surface area contributed by atoms with Crippen LogP contribution >= 0.6 is 0 Å². The Labute approximate surface area is 145 Å². The van der Waals surface area contributed by atoms with Crippen LogP contribution in [0.5, 0.6) is 0 Å². The van der Waals surface area contributed by atoms with Crippen molar-refractivity contribution in [3.8, 4) is 11.8 Å². The standard InChI is InChI=1S/C20H15N3O2/c21-12-16-6-8-17(9-7-16)15-25-20(24)11-10-18-13-22-23(14-18)19-4-2-1-3-5-19/h1-11,13-14H,15H2/b11-10+. The number of nitriles is 1. The van der Waals surface area contributed by atoms with Crippen molar-refractivity contribution in [1.29, 1.82) is 5.26 Å². The Bertz CT molecular complexity index is 920. The van der Waals surface area contributed by atoms with Crippen molar-refractivity contribution in [2.75, 3.05) is 0 Å². The summed E-state index contributed by atoms with van der Waals surface area (Å²) in [6.45, 7) is 0.165. The van der Waals surface area contributed by atoms with E-state index in [9.17, 15) is 4.79 Å². The van der Waals surface area contributed by atoms with Gasteiger partial charge in [0.1, 0.15) is 6.61 Å². The minimum absolute atomic E-state index is 0.165. The Morgan fingerprint density at radius 2 is 1.92 bits per heavy atom. The topological polar surface area (TPSA) is 67.9 Å². The number of para-hydroxylation sites is 1. The van der Waals surface area contributed by atoms with E-state index in [1.165, 1.54) is 6.08 Å². The molecule has 0 unspecified atom stereocenters. The molecule has 5 nitrogen and oxygen atoms in total. The van der Waals surface area contributed by atoms with Crippen molar-refractivity contribution in [3.05, 3.63) is 89.8 Å². The molecule has 2 aromatic carbocycles. The molecule has 0 N–H and O–H groups in total. The fourth-order valence-electron chi connectivity index (χ4n) is 2.19. The Morgan fingerprint density at radius 3 is 2.64 bits per heavy atom. The van der Waals surface area contributed by atoms with Crippen LogP contribution in [0.15, 0.2) is 73.1 Å². The van der Waals surface area contributed by atoms with E-state index in [1.807, 2.05) is 42.6 Å². The van der Waals surface area contributed by atoms with Gasteiger partial charge >= 0.3 is 5.97 Å². The molecule has 0 atom stereocenters.